The van der Waals surface area contributed by atoms with Gasteiger partial charge in [0.15, 0.2) is 0 Å². The summed E-state index contributed by atoms with van der Waals surface area (Å²) in [6, 6.07) is 0. The summed E-state index contributed by atoms with van der Waals surface area (Å²) in [5.41, 5.74) is 1.71. The van der Waals surface area contributed by atoms with Gasteiger partial charge in [-0.2, -0.15) is 0 Å². The highest BCUT2D eigenvalue weighted by Crippen LogP contribution is 2.46. The fourth-order valence-corrected chi connectivity index (χ4v) is 2.55. The summed E-state index contributed by atoms with van der Waals surface area (Å²) in [5.74, 6) is 0.634. The fourth-order valence-electron chi connectivity index (χ4n) is 2.55. The second-order valence-electron chi connectivity index (χ2n) is 4.82. The van der Waals surface area contributed by atoms with E-state index in [1.165, 1.54) is 25.3 Å². The summed E-state index contributed by atoms with van der Waals surface area (Å²) in [7, 11) is 0. The highest BCUT2D eigenvalue weighted by atomic mass is 16.5. The fraction of sp³-hybridized carbons (Fsp3) is 0.615. The Balaban J connectivity index is 2.20. The summed E-state index contributed by atoms with van der Waals surface area (Å²) in [6.45, 7) is 3.78. The van der Waals surface area contributed by atoms with Gasteiger partial charge in [-0.05, 0) is 42.7 Å². The topological polar surface area (TPSA) is 26.3 Å². The molecule has 0 bridgehead atoms. The summed E-state index contributed by atoms with van der Waals surface area (Å²) in [5, 5.41) is 0. The van der Waals surface area contributed by atoms with Crippen molar-refractivity contribution in [2.45, 2.75) is 46.0 Å². The third kappa shape index (κ3) is 2.14. The van der Waals surface area contributed by atoms with Crippen LogP contribution in [0.1, 0.15) is 46.0 Å². The van der Waals surface area contributed by atoms with Crippen LogP contribution in [0.25, 0.3) is 0 Å². The summed E-state index contributed by atoms with van der Waals surface area (Å²) in [4.78, 5) is 10.9. The van der Waals surface area contributed by atoms with Gasteiger partial charge in [0.2, 0.25) is 0 Å². The molecule has 1 atom stereocenters. The molecule has 0 spiro atoms. The minimum absolute atomic E-state index is 0.207. The quantitative estimate of drug-likeness (QED) is 0.615. The average molecular weight is 206 g/mol. The molecule has 0 aliphatic heterocycles. The van der Waals surface area contributed by atoms with Crippen molar-refractivity contribution in [1.82, 2.24) is 0 Å². The first-order chi connectivity index (χ1) is 7.10. The van der Waals surface area contributed by atoms with E-state index in [1.807, 2.05) is 0 Å². The first kappa shape index (κ1) is 10.5. The summed E-state index contributed by atoms with van der Waals surface area (Å²) in [6.07, 6.45) is 10.1. The van der Waals surface area contributed by atoms with Crippen molar-refractivity contribution in [3.63, 3.8) is 0 Å². The van der Waals surface area contributed by atoms with Crippen molar-refractivity contribution in [1.29, 1.82) is 0 Å². The van der Waals surface area contributed by atoms with Crippen molar-refractivity contribution in [2.75, 3.05) is 0 Å². The van der Waals surface area contributed by atoms with Gasteiger partial charge in [0.05, 0.1) is 0 Å². The third-order valence-corrected chi connectivity index (χ3v) is 3.51. The second kappa shape index (κ2) is 3.84. The number of esters is 1. The molecular formula is C13H18O2. The largest absolute Gasteiger partial charge is 0.431 e. The molecule has 0 amide bonds. The number of allylic oxidation sites excluding steroid dienone is 4. The summed E-state index contributed by atoms with van der Waals surface area (Å²) >= 11 is 0. The van der Waals surface area contributed by atoms with Crippen LogP contribution in [-0.2, 0) is 9.53 Å². The zero-order valence-corrected chi connectivity index (χ0v) is 9.51. The zero-order valence-electron chi connectivity index (χ0n) is 9.51. The van der Waals surface area contributed by atoms with E-state index in [-0.39, 0.29) is 5.97 Å². The van der Waals surface area contributed by atoms with E-state index in [0.29, 0.717) is 5.41 Å². The van der Waals surface area contributed by atoms with Crippen LogP contribution in [-0.4, -0.2) is 5.97 Å². The predicted molar refractivity (Wildman–Crippen MR) is 59.1 cm³/mol. The maximum Gasteiger partial charge on any atom is 0.307 e. The molecule has 0 fully saturated rings. The molecule has 2 nitrogen and oxygen atoms in total. The molecule has 0 aromatic heterocycles. The van der Waals surface area contributed by atoms with Gasteiger partial charge in [-0.15, -0.1) is 0 Å². The molecule has 0 aromatic carbocycles. The number of carbonyl (C=O) groups excluding carboxylic acids is 1. The van der Waals surface area contributed by atoms with E-state index < -0.39 is 0 Å². The van der Waals surface area contributed by atoms with Crippen LogP contribution < -0.4 is 0 Å². The van der Waals surface area contributed by atoms with Crippen LogP contribution >= 0.6 is 0 Å². The molecule has 0 saturated heterocycles. The molecule has 15 heavy (non-hydrogen) atoms. The minimum atomic E-state index is -0.207. The van der Waals surface area contributed by atoms with Crippen LogP contribution in [0, 0.1) is 5.41 Å². The van der Waals surface area contributed by atoms with Crippen molar-refractivity contribution < 1.29 is 9.53 Å². The van der Waals surface area contributed by atoms with E-state index in [4.69, 9.17) is 4.74 Å². The van der Waals surface area contributed by atoms with E-state index >= 15 is 0 Å². The Bertz CT molecular complexity index is 338. The molecular weight excluding hydrogens is 188 g/mol. The molecule has 2 aliphatic rings. The number of ether oxygens (including phenoxy) is 1. The third-order valence-electron chi connectivity index (χ3n) is 3.51. The molecule has 2 rings (SSSR count). The highest BCUT2D eigenvalue weighted by molar-refractivity contribution is 5.67. The maximum atomic E-state index is 10.9. The second-order valence-corrected chi connectivity index (χ2v) is 4.82. The number of hydrogen-bond acceptors (Lipinski definition) is 2. The maximum absolute atomic E-state index is 10.9. The van der Waals surface area contributed by atoms with Crippen LogP contribution in [0.5, 0.6) is 0 Å². The lowest BCUT2D eigenvalue weighted by atomic mass is 9.68. The van der Waals surface area contributed by atoms with Gasteiger partial charge in [-0.3, -0.25) is 4.79 Å². The lowest BCUT2D eigenvalue weighted by Crippen LogP contribution is -2.25. The van der Waals surface area contributed by atoms with Gasteiger partial charge in [0.25, 0.3) is 0 Å². The highest BCUT2D eigenvalue weighted by Gasteiger charge is 2.33. The molecule has 0 aromatic rings. The van der Waals surface area contributed by atoms with E-state index in [0.717, 1.165) is 25.0 Å². The van der Waals surface area contributed by atoms with Crippen LogP contribution in [0.15, 0.2) is 23.5 Å². The summed E-state index contributed by atoms with van der Waals surface area (Å²) < 4.78 is 5.17. The van der Waals surface area contributed by atoms with Crippen molar-refractivity contribution >= 4 is 5.97 Å². The number of rotatable bonds is 1. The number of carbonyl (C=O) groups is 1. The van der Waals surface area contributed by atoms with Gasteiger partial charge in [0.1, 0.15) is 5.76 Å². The van der Waals surface area contributed by atoms with E-state index in [2.05, 4.69) is 19.1 Å². The molecule has 1 unspecified atom stereocenters. The van der Waals surface area contributed by atoms with Crippen LogP contribution in [0.3, 0.4) is 0 Å². The average Bonchev–Trinajstić information content (AvgIpc) is 2.17. The Labute approximate surface area is 91.0 Å². The molecule has 0 saturated carbocycles. The molecule has 82 valence electrons. The van der Waals surface area contributed by atoms with Crippen molar-refractivity contribution in [3.8, 4) is 0 Å². The Hall–Kier alpha value is -1.05. The monoisotopic (exact) mass is 206 g/mol. The van der Waals surface area contributed by atoms with Gasteiger partial charge in [-0.25, -0.2) is 0 Å². The SMILES string of the molecule is CC(=O)OC1=CC2=CCCCC2(C)CC1. The first-order valence-electron chi connectivity index (χ1n) is 5.70. The predicted octanol–water partition coefficient (Wildman–Crippen LogP) is 3.34. The Kier molecular flexibility index (Phi) is 2.68. The van der Waals surface area contributed by atoms with E-state index in [1.54, 1.807) is 0 Å². The molecule has 2 aliphatic carbocycles. The van der Waals surface area contributed by atoms with E-state index in [9.17, 15) is 4.79 Å². The molecule has 0 N–H and O–H groups in total. The standard InChI is InChI=1S/C13H18O2/c1-10(14)15-12-6-8-13(2)7-4-3-5-11(13)9-12/h5,9H,3-4,6-8H2,1-2H3. The molecule has 0 radical (unpaired) electrons. The first-order valence-corrected chi connectivity index (χ1v) is 5.70. The lowest BCUT2D eigenvalue weighted by molar-refractivity contribution is -0.137. The van der Waals surface area contributed by atoms with Gasteiger partial charge >= 0.3 is 5.97 Å². The van der Waals surface area contributed by atoms with Crippen molar-refractivity contribution in [2.24, 2.45) is 5.41 Å². The lowest BCUT2D eigenvalue weighted by Gasteiger charge is -2.37. The number of fused-ring (bicyclic) bond motifs is 1. The number of hydrogen-bond donors (Lipinski definition) is 0. The molecule has 0 heterocycles. The van der Waals surface area contributed by atoms with Gasteiger partial charge in [0, 0.05) is 13.3 Å². The Morgan fingerprint density at radius 2 is 2.27 bits per heavy atom. The van der Waals surface area contributed by atoms with Gasteiger partial charge < -0.3 is 4.74 Å². The van der Waals surface area contributed by atoms with Crippen molar-refractivity contribution in [3.05, 3.63) is 23.5 Å². The molecule has 2 heteroatoms. The zero-order chi connectivity index (χ0) is 10.9. The minimum Gasteiger partial charge on any atom is -0.431 e. The Morgan fingerprint density at radius 3 is 3.00 bits per heavy atom. The van der Waals surface area contributed by atoms with Gasteiger partial charge in [-0.1, -0.05) is 13.0 Å². The normalized spacial score (nSPS) is 30.0. The Morgan fingerprint density at radius 1 is 1.47 bits per heavy atom. The van der Waals surface area contributed by atoms with Crippen LogP contribution in [0.2, 0.25) is 0 Å². The van der Waals surface area contributed by atoms with Crippen LogP contribution in [0.4, 0.5) is 0 Å². The smallest absolute Gasteiger partial charge is 0.307 e.